The van der Waals surface area contributed by atoms with Crippen LogP contribution in [-0.2, 0) is 6.54 Å². The largest absolute Gasteiger partial charge is 0.353 e. The molecule has 4 rings (SSSR count). The lowest BCUT2D eigenvalue weighted by Gasteiger charge is -2.35. The Kier molecular flexibility index (Phi) is 3.71. The number of H-pyrrole nitrogens is 1. The van der Waals surface area contributed by atoms with Crippen molar-refractivity contribution >= 4 is 16.9 Å². The van der Waals surface area contributed by atoms with Crippen LogP contribution >= 0.6 is 0 Å². The fraction of sp³-hybridized carbons (Fsp3) is 0.333. The highest BCUT2D eigenvalue weighted by Crippen LogP contribution is 2.24. The summed E-state index contributed by atoms with van der Waals surface area (Å²) >= 11 is 0. The van der Waals surface area contributed by atoms with Crippen molar-refractivity contribution < 1.29 is 0 Å². The van der Waals surface area contributed by atoms with Gasteiger partial charge in [0.05, 0.1) is 5.39 Å². The Bertz CT molecular complexity index is 788. The first kappa shape index (κ1) is 14.2. The lowest BCUT2D eigenvalue weighted by molar-refractivity contribution is 0.249. The Balaban J connectivity index is 1.46. The van der Waals surface area contributed by atoms with E-state index in [-0.39, 0.29) is 0 Å². The highest BCUT2D eigenvalue weighted by molar-refractivity contribution is 5.88. The maximum atomic E-state index is 4.53. The zero-order chi connectivity index (χ0) is 15.6. The number of piperazine rings is 1. The quantitative estimate of drug-likeness (QED) is 0.808. The number of fused-ring (bicyclic) bond motifs is 1. The second-order valence-electron chi connectivity index (χ2n) is 6.16. The van der Waals surface area contributed by atoms with E-state index in [4.69, 9.17) is 0 Å². The number of aromatic nitrogens is 3. The molecule has 1 fully saturated rings. The van der Waals surface area contributed by atoms with E-state index < -0.39 is 0 Å². The van der Waals surface area contributed by atoms with E-state index in [1.807, 2.05) is 0 Å². The molecule has 0 amide bonds. The summed E-state index contributed by atoms with van der Waals surface area (Å²) in [6.07, 6.45) is 1.66. The second-order valence-corrected chi connectivity index (χ2v) is 6.16. The standard InChI is InChI=1S/C18H21N5/c1-14-11-16-17(21-14)19-13-20-18(16)23-9-7-22(8-10-23)12-15-5-3-2-4-6-15/h2-6,11,13H,7-10,12H2,1H3,(H,19,20,21). The van der Waals surface area contributed by atoms with Crippen molar-refractivity contribution in [2.24, 2.45) is 0 Å². The summed E-state index contributed by atoms with van der Waals surface area (Å²) < 4.78 is 0. The lowest BCUT2D eigenvalue weighted by atomic mass is 10.2. The molecule has 1 aliphatic heterocycles. The number of aryl methyl sites for hydroxylation is 1. The smallest absolute Gasteiger partial charge is 0.143 e. The number of benzene rings is 1. The van der Waals surface area contributed by atoms with Crippen LogP contribution in [0.15, 0.2) is 42.7 Å². The SMILES string of the molecule is Cc1cc2c(N3CCN(Cc4ccccc4)CC3)ncnc2[nH]1. The van der Waals surface area contributed by atoms with Gasteiger partial charge in [0.15, 0.2) is 0 Å². The second kappa shape index (κ2) is 6.01. The van der Waals surface area contributed by atoms with Crippen LogP contribution in [0.25, 0.3) is 11.0 Å². The molecule has 5 heteroatoms. The Morgan fingerprint density at radius 3 is 2.61 bits per heavy atom. The first-order valence-corrected chi connectivity index (χ1v) is 8.11. The van der Waals surface area contributed by atoms with Gasteiger partial charge in [-0.1, -0.05) is 30.3 Å². The average Bonchev–Trinajstić information content (AvgIpc) is 2.97. The molecule has 3 heterocycles. The molecule has 5 nitrogen and oxygen atoms in total. The molecular formula is C18H21N5. The van der Waals surface area contributed by atoms with E-state index in [9.17, 15) is 0 Å². The molecule has 0 radical (unpaired) electrons. The number of rotatable bonds is 3. The summed E-state index contributed by atoms with van der Waals surface area (Å²) in [6.45, 7) is 7.21. The summed E-state index contributed by atoms with van der Waals surface area (Å²) in [7, 11) is 0. The maximum absolute atomic E-state index is 4.53. The summed E-state index contributed by atoms with van der Waals surface area (Å²) in [6, 6.07) is 12.8. The van der Waals surface area contributed by atoms with E-state index in [1.165, 1.54) is 5.56 Å². The zero-order valence-electron chi connectivity index (χ0n) is 13.4. The highest BCUT2D eigenvalue weighted by atomic mass is 15.3. The Hall–Kier alpha value is -2.40. The van der Waals surface area contributed by atoms with Gasteiger partial charge < -0.3 is 9.88 Å². The average molecular weight is 307 g/mol. The Labute approximate surface area is 136 Å². The van der Waals surface area contributed by atoms with Crippen molar-refractivity contribution in [1.82, 2.24) is 19.9 Å². The fourth-order valence-corrected chi connectivity index (χ4v) is 3.27. The summed E-state index contributed by atoms with van der Waals surface area (Å²) in [5.41, 5.74) is 3.44. The fourth-order valence-electron chi connectivity index (χ4n) is 3.27. The minimum Gasteiger partial charge on any atom is -0.353 e. The number of hydrogen-bond acceptors (Lipinski definition) is 4. The van der Waals surface area contributed by atoms with E-state index in [2.05, 4.69) is 68.1 Å². The molecule has 0 saturated carbocycles. The maximum Gasteiger partial charge on any atom is 0.143 e. The van der Waals surface area contributed by atoms with Gasteiger partial charge in [0.1, 0.15) is 17.8 Å². The van der Waals surface area contributed by atoms with Gasteiger partial charge in [-0.05, 0) is 18.6 Å². The van der Waals surface area contributed by atoms with Crippen LogP contribution in [0.5, 0.6) is 0 Å². The lowest BCUT2D eigenvalue weighted by Crippen LogP contribution is -2.46. The highest BCUT2D eigenvalue weighted by Gasteiger charge is 2.20. The molecule has 0 unspecified atom stereocenters. The molecule has 3 aromatic rings. The molecule has 2 aromatic heterocycles. The van der Waals surface area contributed by atoms with Crippen LogP contribution in [0, 0.1) is 6.92 Å². The van der Waals surface area contributed by atoms with Crippen molar-refractivity contribution in [3.63, 3.8) is 0 Å². The third-order valence-corrected chi connectivity index (χ3v) is 4.46. The van der Waals surface area contributed by atoms with Crippen molar-refractivity contribution in [3.05, 3.63) is 54.0 Å². The van der Waals surface area contributed by atoms with E-state index in [0.717, 1.165) is 55.3 Å². The molecule has 0 spiro atoms. The van der Waals surface area contributed by atoms with Crippen molar-refractivity contribution in [2.45, 2.75) is 13.5 Å². The summed E-state index contributed by atoms with van der Waals surface area (Å²) in [5.74, 6) is 1.05. The first-order chi connectivity index (χ1) is 11.3. The molecule has 0 bridgehead atoms. The monoisotopic (exact) mass is 307 g/mol. The van der Waals surface area contributed by atoms with Crippen LogP contribution < -0.4 is 4.90 Å². The van der Waals surface area contributed by atoms with Gasteiger partial charge >= 0.3 is 0 Å². The predicted octanol–water partition coefficient (Wildman–Crippen LogP) is 2.59. The molecule has 0 aliphatic carbocycles. The van der Waals surface area contributed by atoms with E-state index in [1.54, 1.807) is 6.33 Å². The minimum absolute atomic E-state index is 0.930. The molecule has 1 saturated heterocycles. The van der Waals surface area contributed by atoms with Gasteiger partial charge in [-0.25, -0.2) is 9.97 Å². The summed E-state index contributed by atoms with van der Waals surface area (Å²) in [5, 5.41) is 1.13. The van der Waals surface area contributed by atoms with Crippen LogP contribution in [-0.4, -0.2) is 46.0 Å². The molecular weight excluding hydrogens is 286 g/mol. The van der Waals surface area contributed by atoms with Gasteiger partial charge in [-0.15, -0.1) is 0 Å². The van der Waals surface area contributed by atoms with Crippen LogP contribution in [0.1, 0.15) is 11.3 Å². The first-order valence-electron chi connectivity index (χ1n) is 8.11. The number of nitrogens with zero attached hydrogens (tertiary/aromatic N) is 4. The third-order valence-electron chi connectivity index (χ3n) is 4.46. The molecule has 118 valence electrons. The molecule has 1 N–H and O–H groups in total. The topological polar surface area (TPSA) is 48.1 Å². The van der Waals surface area contributed by atoms with Gasteiger partial charge in [0, 0.05) is 38.4 Å². The minimum atomic E-state index is 0.930. The van der Waals surface area contributed by atoms with E-state index in [0.29, 0.717) is 0 Å². The number of nitrogens with one attached hydrogen (secondary N) is 1. The predicted molar refractivity (Wildman–Crippen MR) is 92.6 cm³/mol. The van der Waals surface area contributed by atoms with Crippen molar-refractivity contribution in [2.75, 3.05) is 31.1 Å². The van der Waals surface area contributed by atoms with Gasteiger partial charge in [0.25, 0.3) is 0 Å². The van der Waals surface area contributed by atoms with Crippen molar-refractivity contribution in [3.8, 4) is 0 Å². The number of anilines is 1. The molecule has 1 aliphatic rings. The molecule has 23 heavy (non-hydrogen) atoms. The van der Waals surface area contributed by atoms with Crippen LogP contribution in [0.4, 0.5) is 5.82 Å². The molecule has 1 aromatic carbocycles. The van der Waals surface area contributed by atoms with Crippen LogP contribution in [0.2, 0.25) is 0 Å². The Morgan fingerprint density at radius 2 is 1.83 bits per heavy atom. The normalized spacial score (nSPS) is 16.1. The third kappa shape index (κ3) is 2.92. The number of hydrogen-bond donors (Lipinski definition) is 1. The van der Waals surface area contributed by atoms with Crippen LogP contribution in [0.3, 0.4) is 0 Å². The molecule has 0 atom stereocenters. The van der Waals surface area contributed by atoms with Gasteiger partial charge in [-0.2, -0.15) is 0 Å². The zero-order valence-corrected chi connectivity index (χ0v) is 13.4. The summed E-state index contributed by atoms with van der Waals surface area (Å²) in [4.78, 5) is 17.0. The van der Waals surface area contributed by atoms with E-state index >= 15 is 0 Å². The number of aromatic amines is 1. The van der Waals surface area contributed by atoms with Crippen molar-refractivity contribution in [1.29, 1.82) is 0 Å². The Morgan fingerprint density at radius 1 is 1.04 bits per heavy atom. The van der Waals surface area contributed by atoms with Gasteiger partial charge in [-0.3, -0.25) is 4.90 Å². The van der Waals surface area contributed by atoms with Gasteiger partial charge in [0.2, 0.25) is 0 Å².